The highest BCUT2D eigenvalue weighted by Gasteiger charge is 2.17. The second-order valence-corrected chi connectivity index (χ2v) is 7.17. The SMILES string of the molecule is C/C=C/CSc1nc2c(c(=O)[nH]c(=O)n2C)n1CCCCCCCC. The Labute approximate surface area is 152 Å². The lowest BCUT2D eigenvalue weighted by Crippen LogP contribution is -2.29. The first-order chi connectivity index (χ1) is 12.1. The van der Waals surface area contributed by atoms with E-state index in [0.29, 0.717) is 11.2 Å². The van der Waals surface area contributed by atoms with Gasteiger partial charge in [0.05, 0.1) is 0 Å². The van der Waals surface area contributed by atoms with Gasteiger partial charge in [-0.3, -0.25) is 14.3 Å². The van der Waals surface area contributed by atoms with E-state index in [4.69, 9.17) is 0 Å². The largest absolute Gasteiger partial charge is 0.329 e. The summed E-state index contributed by atoms with van der Waals surface area (Å²) < 4.78 is 3.38. The molecule has 2 aromatic rings. The molecular weight excluding hydrogens is 336 g/mol. The molecule has 138 valence electrons. The second-order valence-electron chi connectivity index (χ2n) is 6.18. The van der Waals surface area contributed by atoms with Crippen LogP contribution in [0.15, 0.2) is 26.9 Å². The summed E-state index contributed by atoms with van der Waals surface area (Å²) in [6.07, 6.45) is 11.2. The van der Waals surface area contributed by atoms with Gasteiger partial charge < -0.3 is 4.57 Å². The van der Waals surface area contributed by atoms with Gasteiger partial charge in [-0.25, -0.2) is 9.78 Å². The molecule has 6 nitrogen and oxygen atoms in total. The standard InChI is InChI=1S/C18H28N4O2S/c1-4-6-8-9-10-11-12-22-14-15(19-18(22)25-13-7-5-2)21(3)17(24)20-16(14)23/h5,7H,4,6,8-13H2,1-3H3,(H,20,23,24)/b7-5+. The normalized spacial score (nSPS) is 11.8. The Hall–Kier alpha value is -1.76. The number of nitrogens with zero attached hydrogens (tertiary/aromatic N) is 3. The number of imidazole rings is 1. The third-order valence-electron chi connectivity index (χ3n) is 4.25. The predicted molar refractivity (Wildman–Crippen MR) is 105 cm³/mol. The topological polar surface area (TPSA) is 72.7 Å². The number of H-pyrrole nitrogens is 1. The molecule has 7 heteroatoms. The van der Waals surface area contributed by atoms with Crippen LogP contribution in [0.4, 0.5) is 0 Å². The van der Waals surface area contributed by atoms with Gasteiger partial charge in [-0.05, 0) is 13.3 Å². The van der Waals surface area contributed by atoms with Crippen LogP contribution < -0.4 is 11.2 Å². The number of rotatable bonds is 10. The molecule has 2 heterocycles. The smallest absolute Gasteiger partial charge is 0.313 e. The fraction of sp³-hybridized carbons (Fsp3) is 0.611. The first kappa shape index (κ1) is 19.6. The van der Waals surface area contributed by atoms with Crippen LogP contribution in [0.3, 0.4) is 0 Å². The molecular formula is C18H28N4O2S. The Balaban J connectivity index is 2.27. The van der Waals surface area contributed by atoms with Crippen LogP contribution in [0.2, 0.25) is 0 Å². The summed E-state index contributed by atoms with van der Waals surface area (Å²) in [5.41, 5.74) is 0.183. The summed E-state index contributed by atoms with van der Waals surface area (Å²) in [5, 5.41) is 0.799. The van der Waals surface area contributed by atoms with Gasteiger partial charge in [0.1, 0.15) is 0 Å². The number of fused-ring (bicyclic) bond motifs is 1. The van der Waals surface area contributed by atoms with Crippen LogP contribution in [0, 0.1) is 0 Å². The Morgan fingerprint density at radius 1 is 1.16 bits per heavy atom. The third kappa shape index (κ3) is 4.87. The highest BCUT2D eigenvalue weighted by molar-refractivity contribution is 7.99. The maximum Gasteiger partial charge on any atom is 0.329 e. The maximum atomic E-state index is 12.3. The van der Waals surface area contributed by atoms with Crippen molar-refractivity contribution < 1.29 is 0 Å². The number of hydrogen-bond donors (Lipinski definition) is 1. The molecule has 0 aliphatic heterocycles. The first-order valence-electron chi connectivity index (χ1n) is 9.03. The molecule has 2 rings (SSSR count). The molecule has 0 bridgehead atoms. The average molecular weight is 365 g/mol. The molecule has 0 radical (unpaired) electrons. The van der Waals surface area contributed by atoms with Crippen LogP contribution in [0.25, 0.3) is 11.2 Å². The van der Waals surface area contributed by atoms with Crippen molar-refractivity contribution in [3.63, 3.8) is 0 Å². The molecule has 0 spiro atoms. The van der Waals surface area contributed by atoms with Gasteiger partial charge in [0, 0.05) is 19.3 Å². The van der Waals surface area contributed by atoms with Gasteiger partial charge in [0.2, 0.25) is 0 Å². The fourth-order valence-electron chi connectivity index (χ4n) is 2.80. The lowest BCUT2D eigenvalue weighted by Gasteiger charge is -2.08. The van der Waals surface area contributed by atoms with E-state index < -0.39 is 5.69 Å². The van der Waals surface area contributed by atoms with E-state index in [1.165, 1.54) is 30.3 Å². The van der Waals surface area contributed by atoms with E-state index in [1.807, 2.05) is 17.6 Å². The molecule has 0 saturated heterocycles. The summed E-state index contributed by atoms with van der Waals surface area (Å²) in [4.78, 5) is 31.1. The van der Waals surface area contributed by atoms with Crippen molar-refractivity contribution in [2.75, 3.05) is 5.75 Å². The lowest BCUT2D eigenvalue weighted by molar-refractivity contribution is 0.544. The van der Waals surface area contributed by atoms with E-state index in [2.05, 4.69) is 23.0 Å². The van der Waals surface area contributed by atoms with E-state index >= 15 is 0 Å². The van der Waals surface area contributed by atoms with Crippen LogP contribution in [-0.4, -0.2) is 24.9 Å². The minimum Gasteiger partial charge on any atom is -0.313 e. The number of nitrogens with one attached hydrogen (secondary N) is 1. The number of unbranched alkanes of at least 4 members (excludes halogenated alkanes) is 5. The van der Waals surface area contributed by atoms with Crippen molar-refractivity contribution in [3.8, 4) is 0 Å². The number of aromatic amines is 1. The molecule has 1 N–H and O–H groups in total. The quantitative estimate of drug-likeness (QED) is 0.398. The Kier molecular flexibility index (Phi) is 7.55. The molecule has 0 fully saturated rings. The van der Waals surface area contributed by atoms with E-state index in [0.717, 1.165) is 30.3 Å². The Morgan fingerprint density at radius 2 is 1.88 bits per heavy atom. The number of allylic oxidation sites excluding steroid dienone is 1. The van der Waals surface area contributed by atoms with Crippen LogP contribution >= 0.6 is 11.8 Å². The minimum atomic E-state index is -0.424. The first-order valence-corrected chi connectivity index (χ1v) is 10.0. The molecule has 0 amide bonds. The average Bonchev–Trinajstić information content (AvgIpc) is 2.95. The van der Waals surface area contributed by atoms with Crippen LogP contribution in [0.5, 0.6) is 0 Å². The van der Waals surface area contributed by atoms with E-state index in [-0.39, 0.29) is 5.56 Å². The van der Waals surface area contributed by atoms with Gasteiger partial charge >= 0.3 is 5.69 Å². The highest BCUT2D eigenvalue weighted by Crippen LogP contribution is 2.22. The van der Waals surface area contributed by atoms with Crippen molar-refractivity contribution in [2.24, 2.45) is 7.05 Å². The number of hydrogen-bond acceptors (Lipinski definition) is 4. The minimum absolute atomic E-state index is 0.352. The van der Waals surface area contributed by atoms with Crippen molar-refractivity contribution in [2.45, 2.75) is 64.1 Å². The number of aryl methyl sites for hydroxylation is 2. The molecule has 0 aromatic carbocycles. The molecule has 0 aliphatic rings. The van der Waals surface area contributed by atoms with Gasteiger partial charge in [-0.15, -0.1) is 0 Å². The Bertz CT molecular complexity index is 832. The van der Waals surface area contributed by atoms with Crippen LogP contribution in [-0.2, 0) is 13.6 Å². The second kappa shape index (κ2) is 9.65. The summed E-state index contributed by atoms with van der Waals surface area (Å²) in [5.74, 6) is 0.794. The number of aromatic nitrogens is 4. The van der Waals surface area contributed by atoms with Crippen molar-refractivity contribution in [1.29, 1.82) is 0 Å². The lowest BCUT2D eigenvalue weighted by atomic mass is 10.1. The van der Waals surface area contributed by atoms with Gasteiger partial charge in [0.25, 0.3) is 5.56 Å². The van der Waals surface area contributed by atoms with E-state index in [1.54, 1.807) is 18.8 Å². The molecule has 2 aromatic heterocycles. The summed E-state index contributed by atoms with van der Waals surface area (Å²) in [7, 11) is 1.64. The molecule has 0 saturated carbocycles. The van der Waals surface area contributed by atoms with E-state index in [9.17, 15) is 9.59 Å². The zero-order valence-corrected chi connectivity index (χ0v) is 16.2. The van der Waals surface area contributed by atoms with Gasteiger partial charge in [-0.1, -0.05) is 62.9 Å². The summed E-state index contributed by atoms with van der Waals surface area (Å²) in [6, 6.07) is 0. The van der Waals surface area contributed by atoms with Crippen LogP contribution in [0.1, 0.15) is 52.4 Å². The summed E-state index contributed by atoms with van der Waals surface area (Å²) >= 11 is 1.59. The highest BCUT2D eigenvalue weighted by atomic mass is 32.2. The molecule has 0 atom stereocenters. The van der Waals surface area contributed by atoms with Crippen molar-refractivity contribution in [1.82, 2.24) is 19.1 Å². The van der Waals surface area contributed by atoms with Crippen molar-refractivity contribution in [3.05, 3.63) is 33.0 Å². The third-order valence-corrected chi connectivity index (χ3v) is 5.18. The maximum absolute atomic E-state index is 12.3. The van der Waals surface area contributed by atoms with Gasteiger partial charge in [-0.2, -0.15) is 0 Å². The molecule has 25 heavy (non-hydrogen) atoms. The molecule has 0 aliphatic carbocycles. The summed E-state index contributed by atoms with van der Waals surface area (Å²) in [6.45, 7) is 4.94. The van der Waals surface area contributed by atoms with Gasteiger partial charge in [0.15, 0.2) is 16.3 Å². The zero-order valence-electron chi connectivity index (χ0n) is 15.4. The van der Waals surface area contributed by atoms with Crippen molar-refractivity contribution >= 4 is 22.9 Å². The number of thioether (sulfide) groups is 1. The fourth-order valence-corrected chi connectivity index (χ4v) is 3.73. The monoisotopic (exact) mass is 364 g/mol. The Morgan fingerprint density at radius 3 is 2.60 bits per heavy atom. The molecule has 0 unspecified atom stereocenters. The zero-order chi connectivity index (χ0) is 18.2. The predicted octanol–water partition coefficient (Wildman–Crippen LogP) is 3.45.